The van der Waals surface area contributed by atoms with Crippen LogP contribution < -0.4 is 5.32 Å². The van der Waals surface area contributed by atoms with Crippen molar-refractivity contribution < 1.29 is 14.7 Å². The summed E-state index contributed by atoms with van der Waals surface area (Å²) in [7, 11) is 0. The van der Waals surface area contributed by atoms with E-state index in [1.54, 1.807) is 12.2 Å². The predicted molar refractivity (Wildman–Crippen MR) is 71.4 cm³/mol. The molecule has 1 atom stereocenters. The van der Waals surface area contributed by atoms with Gasteiger partial charge in [0.25, 0.3) is 0 Å². The van der Waals surface area contributed by atoms with Gasteiger partial charge in [0.1, 0.15) is 6.04 Å². The maximum Gasteiger partial charge on any atom is 0.326 e. The fraction of sp³-hybridized carbons (Fsp3) is 0.538. The summed E-state index contributed by atoms with van der Waals surface area (Å²) in [6, 6.07) is -1.24. The molecule has 2 N–H and O–H groups in total. The van der Waals surface area contributed by atoms with Crippen LogP contribution in [0.1, 0.15) is 26.2 Å². The van der Waals surface area contributed by atoms with Gasteiger partial charge in [0.2, 0.25) is 0 Å². The minimum atomic E-state index is -1.01. The number of unbranched alkanes of at least 4 members (excludes halogenated alkanes) is 1. The van der Waals surface area contributed by atoms with Crippen LogP contribution >= 0.6 is 0 Å². The number of carboxylic acids is 1. The molecule has 0 rings (SSSR count). The van der Waals surface area contributed by atoms with E-state index in [0.717, 1.165) is 12.8 Å². The van der Waals surface area contributed by atoms with E-state index in [1.807, 2.05) is 6.92 Å². The molecule has 5 heteroatoms. The summed E-state index contributed by atoms with van der Waals surface area (Å²) in [4.78, 5) is 24.3. The number of carbonyl (C=O) groups is 2. The zero-order valence-electron chi connectivity index (χ0n) is 10.9. The van der Waals surface area contributed by atoms with Gasteiger partial charge >= 0.3 is 12.0 Å². The van der Waals surface area contributed by atoms with Gasteiger partial charge in [-0.1, -0.05) is 31.9 Å². The lowest BCUT2D eigenvalue weighted by Crippen LogP contribution is -2.48. The number of nitrogens with zero attached hydrogens (tertiary/aromatic N) is 1. The second kappa shape index (κ2) is 9.27. The lowest BCUT2D eigenvalue weighted by molar-refractivity contribution is -0.139. The summed E-state index contributed by atoms with van der Waals surface area (Å²) >= 11 is 0. The van der Waals surface area contributed by atoms with Gasteiger partial charge in [0.05, 0.1) is 0 Å². The molecule has 2 amide bonds. The van der Waals surface area contributed by atoms with Gasteiger partial charge in [-0.2, -0.15) is 0 Å². The molecule has 18 heavy (non-hydrogen) atoms. The molecule has 0 heterocycles. The van der Waals surface area contributed by atoms with E-state index in [2.05, 4.69) is 18.5 Å². The van der Waals surface area contributed by atoms with Crippen molar-refractivity contribution >= 4 is 12.0 Å². The van der Waals surface area contributed by atoms with E-state index in [4.69, 9.17) is 5.11 Å². The first-order valence-corrected chi connectivity index (χ1v) is 6.06. The first-order valence-electron chi connectivity index (χ1n) is 6.06. The molecular formula is C13H22N2O3. The number of carboxylic acid groups (broad SMARTS) is 1. The van der Waals surface area contributed by atoms with E-state index in [9.17, 15) is 9.59 Å². The molecule has 0 bridgehead atoms. The Bertz CT molecular complexity index is 293. The second-order valence-electron chi connectivity index (χ2n) is 3.96. The molecule has 0 aromatic carbocycles. The minimum Gasteiger partial charge on any atom is -0.480 e. The molecule has 0 aliphatic rings. The highest BCUT2D eigenvalue weighted by molar-refractivity contribution is 5.82. The SMILES string of the molecule is C=CCN(CC=C)C(=O)NC(CCCC)C(=O)O. The lowest BCUT2D eigenvalue weighted by Gasteiger charge is -2.22. The average Bonchev–Trinajstić information content (AvgIpc) is 2.33. The van der Waals surface area contributed by atoms with Crippen molar-refractivity contribution in [1.82, 2.24) is 10.2 Å². The number of hydrogen-bond acceptors (Lipinski definition) is 2. The summed E-state index contributed by atoms with van der Waals surface area (Å²) < 4.78 is 0. The maximum atomic E-state index is 11.9. The number of urea groups is 1. The molecule has 0 saturated carbocycles. The molecule has 0 radical (unpaired) electrons. The molecule has 5 nitrogen and oxygen atoms in total. The van der Waals surface area contributed by atoms with Crippen molar-refractivity contribution in [1.29, 1.82) is 0 Å². The first-order chi connectivity index (χ1) is 8.56. The van der Waals surface area contributed by atoms with Crippen molar-refractivity contribution in [3.8, 4) is 0 Å². The summed E-state index contributed by atoms with van der Waals surface area (Å²) in [5.74, 6) is -1.01. The highest BCUT2D eigenvalue weighted by Crippen LogP contribution is 2.02. The number of hydrogen-bond donors (Lipinski definition) is 2. The Kier molecular flexibility index (Phi) is 8.35. The average molecular weight is 254 g/mol. The summed E-state index contributed by atoms with van der Waals surface area (Å²) in [5.41, 5.74) is 0. The highest BCUT2D eigenvalue weighted by Gasteiger charge is 2.21. The van der Waals surface area contributed by atoms with Crippen molar-refractivity contribution in [2.45, 2.75) is 32.2 Å². The lowest BCUT2D eigenvalue weighted by atomic mass is 10.1. The van der Waals surface area contributed by atoms with Gasteiger partial charge in [-0.3, -0.25) is 0 Å². The normalized spacial score (nSPS) is 11.4. The Hall–Kier alpha value is -1.78. The van der Waals surface area contributed by atoms with Gasteiger partial charge in [-0.25, -0.2) is 9.59 Å². The zero-order chi connectivity index (χ0) is 14.0. The Morgan fingerprint density at radius 3 is 2.28 bits per heavy atom. The topological polar surface area (TPSA) is 69.6 Å². The van der Waals surface area contributed by atoms with E-state index >= 15 is 0 Å². The fourth-order valence-electron chi connectivity index (χ4n) is 1.46. The number of aliphatic carboxylic acids is 1. The summed E-state index contributed by atoms with van der Waals surface area (Å²) in [5, 5.41) is 11.5. The monoisotopic (exact) mass is 254 g/mol. The molecule has 1 unspecified atom stereocenters. The van der Waals surface area contributed by atoms with Crippen LogP contribution in [-0.4, -0.2) is 41.1 Å². The van der Waals surface area contributed by atoms with Gasteiger partial charge in [0, 0.05) is 13.1 Å². The van der Waals surface area contributed by atoms with Gasteiger partial charge < -0.3 is 15.3 Å². The smallest absolute Gasteiger partial charge is 0.326 e. The third-order valence-electron chi connectivity index (χ3n) is 2.43. The highest BCUT2D eigenvalue weighted by atomic mass is 16.4. The standard InChI is InChI=1S/C13H22N2O3/c1-4-7-8-11(12(16)17)14-13(18)15(9-5-2)10-6-3/h5-6,11H,2-4,7-10H2,1H3,(H,14,18)(H,16,17). The van der Waals surface area contributed by atoms with Gasteiger partial charge in [0.15, 0.2) is 0 Å². The largest absolute Gasteiger partial charge is 0.480 e. The fourth-order valence-corrected chi connectivity index (χ4v) is 1.46. The Labute approximate surface area is 108 Å². The molecule has 0 saturated heterocycles. The second-order valence-corrected chi connectivity index (χ2v) is 3.96. The van der Waals surface area contributed by atoms with Crippen LogP contribution in [-0.2, 0) is 4.79 Å². The minimum absolute atomic E-state index is 0.359. The number of amides is 2. The summed E-state index contributed by atoms with van der Waals surface area (Å²) in [6.07, 6.45) is 5.27. The third kappa shape index (κ3) is 6.08. The molecule has 0 fully saturated rings. The van der Waals surface area contributed by atoms with Crippen LogP contribution in [0.3, 0.4) is 0 Å². The van der Waals surface area contributed by atoms with Crippen molar-refractivity contribution in [2.75, 3.05) is 13.1 Å². The predicted octanol–water partition coefficient (Wildman–Crippen LogP) is 2.01. The summed E-state index contributed by atoms with van der Waals surface area (Å²) in [6.45, 7) is 9.81. The van der Waals surface area contributed by atoms with Gasteiger partial charge in [-0.15, -0.1) is 13.2 Å². The van der Waals surface area contributed by atoms with Gasteiger partial charge in [-0.05, 0) is 6.42 Å². The number of rotatable bonds is 9. The molecule has 102 valence electrons. The zero-order valence-corrected chi connectivity index (χ0v) is 10.9. The molecule has 0 aromatic heterocycles. The van der Waals surface area contributed by atoms with E-state index in [1.165, 1.54) is 4.90 Å². The van der Waals surface area contributed by atoms with Crippen molar-refractivity contribution in [3.05, 3.63) is 25.3 Å². The van der Waals surface area contributed by atoms with E-state index < -0.39 is 18.0 Å². The van der Waals surface area contributed by atoms with Crippen LogP contribution in [0.15, 0.2) is 25.3 Å². The third-order valence-corrected chi connectivity index (χ3v) is 2.43. The van der Waals surface area contributed by atoms with E-state index in [0.29, 0.717) is 19.5 Å². The van der Waals surface area contributed by atoms with Crippen LogP contribution in [0.5, 0.6) is 0 Å². The van der Waals surface area contributed by atoms with E-state index in [-0.39, 0.29) is 0 Å². The number of carbonyl (C=O) groups excluding carboxylic acids is 1. The van der Waals surface area contributed by atoms with Crippen molar-refractivity contribution in [2.24, 2.45) is 0 Å². The van der Waals surface area contributed by atoms with Crippen LogP contribution in [0.2, 0.25) is 0 Å². The molecular weight excluding hydrogens is 232 g/mol. The Balaban J connectivity index is 4.48. The van der Waals surface area contributed by atoms with Crippen molar-refractivity contribution in [3.63, 3.8) is 0 Å². The Morgan fingerprint density at radius 1 is 1.33 bits per heavy atom. The number of nitrogens with one attached hydrogen (secondary N) is 1. The maximum absolute atomic E-state index is 11.9. The Morgan fingerprint density at radius 2 is 1.89 bits per heavy atom. The molecule has 0 spiro atoms. The molecule has 0 aliphatic heterocycles. The first kappa shape index (κ1) is 16.2. The quantitative estimate of drug-likeness (QED) is 0.618. The molecule has 0 aliphatic carbocycles. The molecule has 0 aromatic rings. The van der Waals surface area contributed by atoms with Crippen LogP contribution in [0.25, 0.3) is 0 Å². The van der Waals surface area contributed by atoms with Crippen LogP contribution in [0, 0.1) is 0 Å². The van der Waals surface area contributed by atoms with Crippen LogP contribution in [0.4, 0.5) is 4.79 Å².